The molecule has 1 aromatic heterocycles. The molecule has 3 aromatic rings. The number of amides is 1. The first-order chi connectivity index (χ1) is 14.7. The van der Waals surface area contributed by atoms with Crippen LogP contribution in [0, 0.1) is 6.92 Å². The second-order valence-electron chi connectivity index (χ2n) is 8.14. The zero-order valence-corrected chi connectivity index (χ0v) is 17.8. The lowest BCUT2D eigenvalue weighted by Crippen LogP contribution is -2.59. The summed E-state index contributed by atoms with van der Waals surface area (Å²) in [7, 11) is 0. The van der Waals surface area contributed by atoms with Gasteiger partial charge in [-0.25, -0.2) is 4.68 Å². The van der Waals surface area contributed by atoms with E-state index in [0.717, 1.165) is 53.5 Å². The van der Waals surface area contributed by atoms with Gasteiger partial charge >= 0.3 is 0 Å². The quantitative estimate of drug-likeness (QED) is 0.648. The van der Waals surface area contributed by atoms with Crippen LogP contribution >= 0.6 is 11.8 Å². The lowest BCUT2D eigenvalue weighted by molar-refractivity contribution is -0.117. The Kier molecular flexibility index (Phi) is 4.98. The Hall–Kier alpha value is -2.80. The lowest BCUT2D eigenvalue weighted by Gasteiger charge is -2.46. The van der Waals surface area contributed by atoms with Crippen LogP contribution in [-0.2, 0) is 4.79 Å². The predicted octanol–water partition coefficient (Wildman–Crippen LogP) is 4.61. The maximum atomic E-state index is 13.5. The fraction of sp³-hybridized carbons (Fsp3) is 0.348. The Balaban J connectivity index is 1.50. The topological polar surface area (TPSA) is 71.8 Å². The van der Waals surface area contributed by atoms with Gasteiger partial charge in [0.25, 0.3) is 0 Å². The minimum atomic E-state index is -0.311. The number of benzene rings is 2. The van der Waals surface area contributed by atoms with Gasteiger partial charge in [-0.3, -0.25) is 4.79 Å². The van der Waals surface area contributed by atoms with Crippen LogP contribution in [0.4, 0.5) is 5.69 Å². The largest absolute Gasteiger partial charge is 0.325 e. The van der Waals surface area contributed by atoms with Crippen molar-refractivity contribution in [1.82, 2.24) is 14.9 Å². The van der Waals surface area contributed by atoms with E-state index in [1.807, 2.05) is 66.2 Å². The first-order valence-corrected chi connectivity index (χ1v) is 11.4. The molecule has 1 aliphatic carbocycles. The summed E-state index contributed by atoms with van der Waals surface area (Å²) < 4.78 is 1.99. The predicted molar refractivity (Wildman–Crippen MR) is 120 cm³/mol. The number of para-hydroxylation sites is 1. The van der Waals surface area contributed by atoms with Gasteiger partial charge in [0.15, 0.2) is 5.82 Å². The van der Waals surface area contributed by atoms with E-state index in [1.165, 1.54) is 18.2 Å². The average Bonchev–Trinajstić information content (AvgIpc) is 3.18. The Bertz CT molecular complexity index is 1060. The number of aryl methyl sites for hydroxylation is 1. The van der Waals surface area contributed by atoms with Crippen LogP contribution in [0.2, 0.25) is 0 Å². The van der Waals surface area contributed by atoms with Crippen molar-refractivity contribution in [3.05, 3.63) is 60.2 Å². The number of aromatic nitrogens is 3. The molecule has 1 fully saturated rings. The summed E-state index contributed by atoms with van der Waals surface area (Å²) in [6, 6.07) is 18.0. The van der Waals surface area contributed by atoms with Crippen molar-refractivity contribution in [2.24, 2.45) is 0 Å². The second kappa shape index (κ2) is 7.80. The minimum absolute atomic E-state index is 0.0270. The molecule has 30 heavy (non-hydrogen) atoms. The Morgan fingerprint density at radius 2 is 1.80 bits per heavy atom. The molecule has 5 rings (SSSR count). The zero-order chi connectivity index (χ0) is 20.6. The molecule has 2 aromatic carbocycles. The molecule has 0 radical (unpaired) electrons. The van der Waals surface area contributed by atoms with Gasteiger partial charge in [-0.2, -0.15) is 0 Å². The van der Waals surface area contributed by atoms with Crippen molar-refractivity contribution in [3.8, 4) is 11.4 Å². The molecule has 2 aliphatic rings. The molecule has 7 heteroatoms. The van der Waals surface area contributed by atoms with Crippen molar-refractivity contribution >= 4 is 23.4 Å². The molecule has 154 valence electrons. The molecule has 0 saturated heterocycles. The molecule has 6 nitrogen and oxygen atoms in total. The molecule has 1 atom stereocenters. The van der Waals surface area contributed by atoms with Gasteiger partial charge in [0, 0.05) is 11.3 Å². The molecular formula is C23H25N5OS. The number of carbonyl (C=O) groups is 1. The summed E-state index contributed by atoms with van der Waals surface area (Å²) in [5.74, 6) is 0.819. The molecule has 1 aliphatic heterocycles. The molecule has 2 heterocycles. The number of nitrogens with zero attached hydrogens (tertiary/aromatic N) is 3. The van der Waals surface area contributed by atoms with Crippen molar-refractivity contribution in [2.75, 3.05) is 10.7 Å². The summed E-state index contributed by atoms with van der Waals surface area (Å²) in [5, 5.41) is 12.5. The molecule has 2 N–H and O–H groups in total. The van der Waals surface area contributed by atoms with Crippen LogP contribution in [0.15, 0.2) is 59.8 Å². The molecule has 1 amide bonds. The van der Waals surface area contributed by atoms with Gasteiger partial charge in [0.1, 0.15) is 5.25 Å². The van der Waals surface area contributed by atoms with Crippen molar-refractivity contribution < 1.29 is 4.79 Å². The van der Waals surface area contributed by atoms with Crippen molar-refractivity contribution in [3.63, 3.8) is 0 Å². The minimum Gasteiger partial charge on any atom is -0.325 e. The molecule has 1 unspecified atom stereocenters. The van der Waals surface area contributed by atoms with E-state index >= 15 is 0 Å². The highest BCUT2D eigenvalue weighted by molar-refractivity contribution is 8.00. The maximum absolute atomic E-state index is 13.5. The van der Waals surface area contributed by atoms with Crippen LogP contribution in [-0.4, -0.2) is 31.6 Å². The zero-order valence-electron chi connectivity index (χ0n) is 17.0. The molecule has 0 bridgehead atoms. The highest BCUT2D eigenvalue weighted by atomic mass is 32.2. The average molecular weight is 420 g/mol. The van der Waals surface area contributed by atoms with Gasteiger partial charge in [0.05, 0.1) is 5.54 Å². The monoisotopic (exact) mass is 419 g/mol. The van der Waals surface area contributed by atoms with E-state index in [0.29, 0.717) is 0 Å². The van der Waals surface area contributed by atoms with E-state index in [-0.39, 0.29) is 16.7 Å². The highest BCUT2D eigenvalue weighted by Crippen LogP contribution is 2.44. The number of anilines is 1. The van der Waals surface area contributed by atoms with Crippen molar-refractivity contribution in [1.29, 1.82) is 0 Å². The van der Waals surface area contributed by atoms with Gasteiger partial charge < -0.3 is 10.7 Å². The van der Waals surface area contributed by atoms with Crippen LogP contribution in [0.5, 0.6) is 0 Å². The van der Waals surface area contributed by atoms with E-state index < -0.39 is 0 Å². The van der Waals surface area contributed by atoms with E-state index in [2.05, 4.69) is 20.9 Å². The van der Waals surface area contributed by atoms with Gasteiger partial charge in [-0.05, 0) is 31.4 Å². The number of nitrogens with one attached hydrogen (secondary N) is 2. The summed E-state index contributed by atoms with van der Waals surface area (Å²) in [4.78, 5) is 13.5. The number of thioether (sulfide) groups is 1. The Labute approximate surface area is 180 Å². The van der Waals surface area contributed by atoms with Gasteiger partial charge in [-0.15, -0.1) is 10.2 Å². The standard InChI is InChI=1S/C23H25N5OS/c1-16-10-6-7-13-18(16)24-21(29)19-23(14-8-3-9-15-23)27-28-20(25-26-22(28)30-19)17-11-4-2-5-12-17/h2,4-7,10-13,19,27H,3,8-9,14-15H2,1H3,(H,24,29). The third-order valence-electron chi connectivity index (χ3n) is 6.11. The first-order valence-electron chi connectivity index (χ1n) is 10.5. The van der Waals surface area contributed by atoms with Gasteiger partial charge in [0.2, 0.25) is 11.1 Å². The fourth-order valence-corrected chi connectivity index (χ4v) is 5.71. The maximum Gasteiger partial charge on any atom is 0.240 e. The Morgan fingerprint density at radius 3 is 2.57 bits per heavy atom. The summed E-state index contributed by atoms with van der Waals surface area (Å²) in [6.45, 7) is 2.01. The SMILES string of the molecule is Cc1ccccc1NC(=O)C1Sc2nnc(-c3ccccc3)n2NC12CCCCC2. The number of rotatable bonds is 3. The smallest absolute Gasteiger partial charge is 0.240 e. The van der Waals surface area contributed by atoms with E-state index in [9.17, 15) is 4.79 Å². The van der Waals surface area contributed by atoms with E-state index in [4.69, 9.17) is 0 Å². The third-order valence-corrected chi connectivity index (χ3v) is 7.49. The first kappa shape index (κ1) is 19.2. The summed E-state index contributed by atoms with van der Waals surface area (Å²) >= 11 is 1.53. The Morgan fingerprint density at radius 1 is 1.07 bits per heavy atom. The van der Waals surface area contributed by atoms with Crippen LogP contribution in [0.25, 0.3) is 11.4 Å². The number of carbonyl (C=O) groups excluding carboxylic acids is 1. The normalized spacial score (nSPS) is 19.7. The summed E-state index contributed by atoms with van der Waals surface area (Å²) in [6.07, 6.45) is 5.34. The molecule has 1 saturated carbocycles. The highest BCUT2D eigenvalue weighted by Gasteiger charge is 2.49. The van der Waals surface area contributed by atoms with Crippen LogP contribution in [0.1, 0.15) is 37.7 Å². The second-order valence-corrected chi connectivity index (χ2v) is 9.21. The fourth-order valence-electron chi connectivity index (χ4n) is 4.49. The lowest BCUT2D eigenvalue weighted by atomic mass is 9.79. The molecule has 1 spiro atoms. The summed E-state index contributed by atoms with van der Waals surface area (Å²) in [5.41, 5.74) is 6.33. The van der Waals surface area contributed by atoms with Crippen LogP contribution < -0.4 is 10.7 Å². The van der Waals surface area contributed by atoms with Gasteiger partial charge in [-0.1, -0.05) is 79.6 Å². The third kappa shape index (κ3) is 3.37. The van der Waals surface area contributed by atoms with E-state index in [1.54, 1.807) is 0 Å². The number of fused-ring (bicyclic) bond motifs is 1. The van der Waals surface area contributed by atoms with Crippen molar-refractivity contribution in [2.45, 2.75) is 55.0 Å². The number of hydrogen-bond acceptors (Lipinski definition) is 5. The number of hydrogen-bond donors (Lipinski definition) is 2. The van der Waals surface area contributed by atoms with Crippen LogP contribution in [0.3, 0.4) is 0 Å². The molecular weight excluding hydrogens is 394 g/mol.